The fraction of sp³-hybridized carbons (Fsp3) is 0.133. The Bertz CT molecular complexity index is 783. The van der Waals surface area contributed by atoms with E-state index in [1.54, 1.807) is 19.2 Å². The highest BCUT2D eigenvalue weighted by molar-refractivity contribution is 5.66. The van der Waals surface area contributed by atoms with Gasteiger partial charge in [-0.3, -0.25) is 5.10 Å². The van der Waals surface area contributed by atoms with Gasteiger partial charge in [-0.2, -0.15) is 5.10 Å². The van der Waals surface area contributed by atoms with Gasteiger partial charge in [-0.25, -0.2) is 9.97 Å². The van der Waals surface area contributed by atoms with E-state index in [-0.39, 0.29) is 5.75 Å². The number of hydrogen-bond acceptors (Lipinski definition) is 5. The number of methoxy groups -OCH3 is 1. The van der Waals surface area contributed by atoms with Gasteiger partial charge in [0.2, 0.25) is 0 Å². The van der Waals surface area contributed by atoms with Crippen molar-refractivity contribution in [1.29, 1.82) is 0 Å². The van der Waals surface area contributed by atoms with Gasteiger partial charge in [-0.05, 0) is 31.2 Å². The van der Waals surface area contributed by atoms with Crippen molar-refractivity contribution in [1.82, 2.24) is 20.2 Å². The maximum absolute atomic E-state index is 10.0. The Balaban J connectivity index is 1.98. The molecule has 6 heteroatoms. The zero-order chi connectivity index (χ0) is 14.8. The summed E-state index contributed by atoms with van der Waals surface area (Å²) in [6.45, 7) is 1.91. The van der Waals surface area contributed by atoms with Crippen molar-refractivity contribution in [3.63, 3.8) is 0 Å². The standard InChI is InChI=1S/C15H14N4O2/c1-9-4-3-5-12(16-9)15-17-14(18-19-15)11-7-6-10(21-2)8-13(11)20/h3-8,20H,1-2H3,(H,17,18,19). The minimum absolute atomic E-state index is 0.0780. The number of aromatic amines is 1. The van der Waals surface area contributed by atoms with Crippen LogP contribution in [0.15, 0.2) is 36.4 Å². The molecule has 0 unspecified atom stereocenters. The van der Waals surface area contributed by atoms with E-state index in [1.165, 1.54) is 6.07 Å². The molecule has 0 saturated carbocycles. The molecule has 0 atom stereocenters. The molecule has 1 aromatic carbocycles. The van der Waals surface area contributed by atoms with E-state index in [4.69, 9.17) is 4.74 Å². The number of hydrogen-bond donors (Lipinski definition) is 2. The molecular formula is C15H14N4O2. The monoisotopic (exact) mass is 282 g/mol. The van der Waals surface area contributed by atoms with E-state index in [0.717, 1.165) is 5.69 Å². The number of aryl methyl sites for hydroxylation is 1. The van der Waals surface area contributed by atoms with Crippen LogP contribution in [-0.2, 0) is 0 Å². The fourth-order valence-corrected chi connectivity index (χ4v) is 2.00. The summed E-state index contributed by atoms with van der Waals surface area (Å²) < 4.78 is 5.06. The van der Waals surface area contributed by atoms with Crippen molar-refractivity contribution < 1.29 is 9.84 Å². The highest BCUT2D eigenvalue weighted by atomic mass is 16.5. The maximum atomic E-state index is 10.0. The lowest BCUT2D eigenvalue weighted by Gasteiger charge is -2.03. The van der Waals surface area contributed by atoms with Crippen LogP contribution in [0.2, 0.25) is 0 Å². The van der Waals surface area contributed by atoms with E-state index in [0.29, 0.717) is 28.7 Å². The number of benzene rings is 1. The van der Waals surface area contributed by atoms with Gasteiger partial charge in [-0.1, -0.05) is 6.07 Å². The quantitative estimate of drug-likeness (QED) is 0.771. The highest BCUT2D eigenvalue weighted by Crippen LogP contribution is 2.30. The number of pyridine rings is 1. The van der Waals surface area contributed by atoms with Crippen LogP contribution in [0.25, 0.3) is 22.9 Å². The molecule has 0 aliphatic heterocycles. The Morgan fingerprint density at radius 3 is 2.71 bits per heavy atom. The van der Waals surface area contributed by atoms with E-state index < -0.39 is 0 Å². The van der Waals surface area contributed by atoms with Crippen LogP contribution in [0.3, 0.4) is 0 Å². The van der Waals surface area contributed by atoms with Crippen LogP contribution in [0, 0.1) is 6.92 Å². The second-order valence-electron chi connectivity index (χ2n) is 4.55. The minimum atomic E-state index is 0.0780. The lowest BCUT2D eigenvalue weighted by Crippen LogP contribution is -1.88. The molecule has 0 amide bonds. The predicted molar refractivity (Wildman–Crippen MR) is 78.0 cm³/mol. The second-order valence-corrected chi connectivity index (χ2v) is 4.55. The Hall–Kier alpha value is -2.89. The number of nitrogens with one attached hydrogen (secondary N) is 1. The molecule has 3 aromatic rings. The number of phenolic OH excluding ortho intramolecular Hbond substituents is 1. The molecule has 2 N–H and O–H groups in total. The van der Waals surface area contributed by atoms with Crippen LogP contribution in [0.5, 0.6) is 11.5 Å². The third kappa shape index (κ3) is 2.55. The van der Waals surface area contributed by atoms with Crippen molar-refractivity contribution in [2.24, 2.45) is 0 Å². The van der Waals surface area contributed by atoms with Crippen molar-refractivity contribution in [2.45, 2.75) is 6.92 Å². The summed E-state index contributed by atoms with van der Waals surface area (Å²) in [5.74, 6) is 1.63. The summed E-state index contributed by atoms with van der Waals surface area (Å²) >= 11 is 0. The summed E-state index contributed by atoms with van der Waals surface area (Å²) in [6, 6.07) is 10.7. The maximum Gasteiger partial charge on any atom is 0.200 e. The number of rotatable bonds is 3. The summed E-state index contributed by atoms with van der Waals surface area (Å²) in [5, 5.41) is 17.0. The fourth-order valence-electron chi connectivity index (χ4n) is 2.00. The van der Waals surface area contributed by atoms with Gasteiger partial charge in [0.05, 0.1) is 12.7 Å². The summed E-state index contributed by atoms with van der Waals surface area (Å²) in [5.41, 5.74) is 2.14. The Kier molecular flexibility index (Phi) is 3.27. The number of H-pyrrole nitrogens is 1. The predicted octanol–water partition coefficient (Wildman–Crippen LogP) is 2.56. The van der Waals surface area contributed by atoms with Crippen LogP contribution >= 0.6 is 0 Å². The van der Waals surface area contributed by atoms with Crippen LogP contribution < -0.4 is 4.74 Å². The first-order valence-corrected chi connectivity index (χ1v) is 6.41. The van der Waals surface area contributed by atoms with E-state index in [9.17, 15) is 5.11 Å². The molecule has 0 aliphatic rings. The van der Waals surface area contributed by atoms with Crippen LogP contribution in [0.4, 0.5) is 0 Å². The lowest BCUT2D eigenvalue weighted by molar-refractivity contribution is 0.408. The average Bonchev–Trinajstić information content (AvgIpc) is 2.96. The van der Waals surface area contributed by atoms with Gasteiger partial charge in [-0.15, -0.1) is 0 Å². The van der Waals surface area contributed by atoms with Crippen molar-refractivity contribution in [3.8, 4) is 34.4 Å². The first-order chi connectivity index (χ1) is 10.2. The van der Waals surface area contributed by atoms with E-state index >= 15 is 0 Å². The smallest absolute Gasteiger partial charge is 0.200 e. The topological polar surface area (TPSA) is 83.9 Å². The first-order valence-electron chi connectivity index (χ1n) is 6.41. The third-order valence-electron chi connectivity index (χ3n) is 3.06. The Morgan fingerprint density at radius 1 is 1.14 bits per heavy atom. The van der Waals surface area contributed by atoms with Crippen molar-refractivity contribution in [2.75, 3.05) is 7.11 Å². The van der Waals surface area contributed by atoms with Gasteiger partial charge in [0.15, 0.2) is 11.6 Å². The minimum Gasteiger partial charge on any atom is -0.507 e. The molecule has 0 aliphatic carbocycles. The molecule has 0 fully saturated rings. The molecule has 0 bridgehead atoms. The number of nitrogens with zero attached hydrogens (tertiary/aromatic N) is 3. The highest BCUT2D eigenvalue weighted by Gasteiger charge is 2.12. The SMILES string of the molecule is COc1ccc(-c2nc(-c3cccc(C)n3)n[nH]2)c(O)c1. The summed E-state index contributed by atoms with van der Waals surface area (Å²) in [7, 11) is 1.55. The molecular weight excluding hydrogens is 268 g/mol. The normalized spacial score (nSPS) is 10.6. The van der Waals surface area contributed by atoms with Crippen LogP contribution in [-0.4, -0.2) is 32.4 Å². The number of aromatic hydroxyl groups is 1. The number of aromatic nitrogens is 4. The average molecular weight is 282 g/mol. The van der Waals surface area contributed by atoms with E-state index in [2.05, 4.69) is 20.2 Å². The summed E-state index contributed by atoms with van der Waals surface area (Å²) in [4.78, 5) is 8.75. The van der Waals surface area contributed by atoms with Crippen molar-refractivity contribution >= 4 is 0 Å². The summed E-state index contributed by atoms with van der Waals surface area (Å²) in [6.07, 6.45) is 0. The van der Waals surface area contributed by atoms with Gasteiger partial charge in [0, 0.05) is 11.8 Å². The largest absolute Gasteiger partial charge is 0.507 e. The van der Waals surface area contributed by atoms with Gasteiger partial charge >= 0.3 is 0 Å². The van der Waals surface area contributed by atoms with Gasteiger partial charge in [0.1, 0.15) is 17.2 Å². The molecule has 2 heterocycles. The van der Waals surface area contributed by atoms with Gasteiger partial charge < -0.3 is 9.84 Å². The van der Waals surface area contributed by atoms with Gasteiger partial charge in [0.25, 0.3) is 0 Å². The first kappa shape index (κ1) is 13.1. The van der Waals surface area contributed by atoms with Crippen molar-refractivity contribution in [3.05, 3.63) is 42.1 Å². The zero-order valence-electron chi connectivity index (χ0n) is 11.7. The second kappa shape index (κ2) is 5.24. The molecule has 0 spiro atoms. The molecule has 6 nitrogen and oxygen atoms in total. The third-order valence-corrected chi connectivity index (χ3v) is 3.06. The number of phenols is 1. The molecule has 0 saturated heterocycles. The number of ether oxygens (including phenoxy) is 1. The van der Waals surface area contributed by atoms with E-state index in [1.807, 2.05) is 25.1 Å². The molecule has 0 radical (unpaired) electrons. The lowest BCUT2D eigenvalue weighted by atomic mass is 10.2. The Morgan fingerprint density at radius 2 is 2.00 bits per heavy atom. The molecule has 106 valence electrons. The molecule has 3 rings (SSSR count). The molecule has 2 aromatic heterocycles. The zero-order valence-corrected chi connectivity index (χ0v) is 11.7. The van der Waals surface area contributed by atoms with Crippen LogP contribution in [0.1, 0.15) is 5.69 Å². The Labute approximate surface area is 121 Å². The molecule has 21 heavy (non-hydrogen) atoms.